The second-order valence-corrected chi connectivity index (χ2v) is 5.78. The molecule has 0 aliphatic carbocycles. The number of rotatable bonds is 5. The Bertz CT molecular complexity index is 874. The summed E-state index contributed by atoms with van der Waals surface area (Å²) in [5.74, 6) is 1.55. The first kappa shape index (κ1) is 15.9. The Morgan fingerprint density at radius 3 is 2.72 bits per heavy atom. The Hall–Kier alpha value is -2.63. The highest BCUT2D eigenvalue weighted by molar-refractivity contribution is 5.89. The van der Waals surface area contributed by atoms with Crippen LogP contribution in [0.2, 0.25) is 0 Å². The van der Waals surface area contributed by atoms with Gasteiger partial charge in [0.1, 0.15) is 18.1 Å². The molecule has 1 aliphatic heterocycles. The van der Waals surface area contributed by atoms with Crippen molar-refractivity contribution in [1.82, 2.24) is 4.98 Å². The third-order valence-corrected chi connectivity index (χ3v) is 4.20. The highest BCUT2D eigenvalue weighted by Gasteiger charge is 2.16. The summed E-state index contributed by atoms with van der Waals surface area (Å²) in [6, 6.07) is 14.3. The van der Waals surface area contributed by atoms with E-state index in [4.69, 9.17) is 18.9 Å². The van der Waals surface area contributed by atoms with Crippen molar-refractivity contribution in [1.29, 1.82) is 0 Å². The first-order valence-electron chi connectivity index (χ1n) is 8.22. The van der Waals surface area contributed by atoms with E-state index in [9.17, 15) is 0 Å². The number of ether oxygens (including phenoxy) is 4. The zero-order valence-electron chi connectivity index (χ0n) is 14.0. The van der Waals surface area contributed by atoms with E-state index in [1.54, 1.807) is 19.5 Å². The van der Waals surface area contributed by atoms with Gasteiger partial charge in [0.2, 0.25) is 0 Å². The van der Waals surface area contributed by atoms with E-state index >= 15 is 0 Å². The van der Waals surface area contributed by atoms with Gasteiger partial charge >= 0.3 is 0 Å². The van der Waals surface area contributed by atoms with Crippen molar-refractivity contribution in [2.45, 2.75) is 6.29 Å². The Kier molecular flexibility index (Phi) is 4.50. The molecule has 2 heterocycles. The number of methoxy groups -OCH3 is 1. The van der Waals surface area contributed by atoms with E-state index in [2.05, 4.69) is 29.2 Å². The zero-order valence-corrected chi connectivity index (χ0v) is 14.0. The van der Waals surface area contributed by atoms with Crippen molar-refractivity contribution in [3.8, 4) is 22.6 Å². The molecule has 0 amide bonds. The molecule has 5 heteroatoms. The number of nitrogens with zero attached hydrogens (tertiary/aromatic N) is 1. The van der Waals surface area contributed by atoms with Crippen LogP contribution in [-0.4, -0.2) is 38.2 Å². The van der Waals surface area contributed by atoms with Gasteiger partial charge in [0.15, 0.2) is 6.29 Å². The summed E-state index contributed by atoms with van der Waals surface area (Å²) in [6.07, 6.45) is 3.22. The van der Waals surface area contributed by atoms with Crippen LogP contribution in [0.5, 0.6) is 11.5 Å². The van der Waals surface area contributed by atoms with E-state index in [0.717, 1.165) is 33.4 Å². The van der Waals surface area contributed by atoms with E-state index < -0.39 is 0 Å². The summed E-state index contributed by atoms with van der Waals surface area (Å²) in [5, 5.41) is 2.25. The van der Waals surface area contributed by atoms with Gasteiger partial charge in [0.05, 0.1) is 26.5 Å². The average Bonchev–Trinajstić information content (AvgIpc) is 3.19. The lowest BCUT2D eigenvalue weighted by Crippen LogP contribution is -2.18. The molecule has 1 aliphatic rings. The lowest BCUT2D eigenvalue weighted by molar-refractivity contribution is -0.0683. The van der Waals surface area contributed by atoms with Gasteiger partial charge in [-0.3, -0.25) is 4.98 Å². The summed E-state index contributed by atoms with van der Waals surface area (Å²) in [6.45, 7) is 1.65. The van der Waals surface area contributed by atoms with E-state index in [0.29, 0.717) is 19.8 Å². The molecule has 0 atom stereocenters. The molecule has 0 radical (unpaired) electrons. The summed E-state index contributed by atoms with van der Waals surface area (Å²) >= 11 is 0. The standard InChI is InChI=1S/C20H19NO4/c1-22-19-12-21-7-6-18(19)15-3-2-14-4-5-17(11-16(14)10-15)25-13-20-23-8-9-24-20/h2-7,10-12,20H,8-9,13H2,1H3. The van der Waals surface area contributed by atoms with Crippen LogP contribution in [0.1, 0.15) is 0 Å². The lowest BCUT2D eigenvalue weighted by Gasteiger charge is -2.12. The zero-order chi connectivity index (χ0) is 17.1. The molecule has 128 valence electrons. The fourth-order valence-electron chi connectivity index (χ4n) is 2.93. The quantitative estimate of drug-likeness (QED) is 0.711. The van der Waals surface area contributed by atoms with Gasteiger partial charge in [0, 0.05) is 11.8 Å². The Morgan fingerprint density at radius 2 is 1.88 bits per heavy atom. The topological polar surface area (TPSA) is 49.8 Å². The Morgan fingerprint density at radius 1 is 1.04 bits per heavy atom. The maximum Gasteiger partial charge on any atom is 0.191 e. The predicted octanol–water partition coefficient (Wildman–Crippen LogP) is 3.66. The second kappa shape index (κ2) is 7.09. The number of aromatic nitrogens is 1. The van der Waals surface area contributed by atoms with Crippen molar-refractivity contribution in [2.24, 2.45) is 0 Å². The van der Waals surface area contributed by atoms with Crippen LogP contribution in [0.3, 0.4) is 0 Å². The molecule has 2 aromatic carbocycles. The Balaban J connectivity index is 1.62. The van der Waals surface area contributed by atoms with Gasteiger partial charge < -0.3 is 18.9 Å². The third kappa shape index (κ3) is 3.43. The van der Waals surface area contributed by atoms with Gasteiger partial charge in [-0.2, -0.15) is 0 Å². The molecule has 1 aromatic heterocycles. The molecule has 4 rings (SSSR count). The maximum atomic E-state index is 5.80. The van der Waals surface area contributed by atoms with Crippen LogP contribution in [-0.2, 0) is 9.47 Å². The summed E-state index contributed by atoms with van der Waals surface area (Å²) in [4.78, 5) is 4.11. The molecule has 1 fully saturated rings. The normalized spacial score (nSPS) is 14.8. The summed E-state index contributed by atoms with van der Waals surface area (Å²) in [5.41, 5.74) is 2.09. The van der Waals surface area contributed by atoms with E-state index in [1.807, 2.05) is 18.2 Å². The van der Waals surface area contributed by atoms with Crippen LogP contribution in [0.4, 0.5) is 0 Å². The van der Waals surface area contributed by atoms with Crippen LogP contribution in [0.25, 0.3) is 21.9 Å². The molecule has 0 N–H and O–H groups in total. The van der Waals surface area contributed by atoms with Gasteiger partial charge in [-0.1, -0.05) is 18.2 Å². The number of benzene rings is 2. The monoisotopic (exact) mass is 337 g/mol. The molecule has 3 aromatic rings. The highest BCUT2D eigenvalue weighted by Crippen LogP contribution is 2.32. The number of hydrogen-bond donors (Lipinski definition) is 0. The minimum absolute atomic E-state index is 0.275. The van der Waals surface area contributed by atoms with Crippen LogP contribution in [0.15, 0.2) is 54.9 Å². The van der Waals surface area contributed by atoms with Crippen LogP contribution in [0, 0.1) is 0 Å². The number of pyridine rings is 1. The molecular weight excluding hydrogens is 318 g/mol. The number of hydrogen-bond acceptors (Lipinski definition) is 5. The molecule has 0 spiro atoms. The minimum Gasteiger partial charge on any atom is -0.494 e. The third-order valence-electron chi connectivity index (χ3n) is 4.20. The fraction of sp³-hybridized carbons (Fsp3) is 0.250. The molecule has 5 nitrogen and oxygen atoms in total. The molecular formula is C20H19NO4. The van der Waals surface area contributed by atoms with Crippen LogP contribution < -0.4 is 9.47 Å². The summed E-state index contributed by atoms with van der Waals surface area (Å²) in [7, 11) is 1.65. The van der Waals surface area contributed by atoms with Crippen molar-refractivity contribution in [3.05, 3.63) is 54.9 Å². The van der Waals surface area contributed by atoms with Crippen molar-refractivity contribution < 1.29 is 18.9 Å². The predicted molar refractivity (Wildman–Crippen MR) is 94.9 cm³/mol. The van der Waals surface area contributed by atoms with Gasteiger partial charge in [-0.15, -0.1) is 0 Å². The summed E-state index contributed by atoms with van der Waals surface area (Å²) < 4.78 is 22.0. The smallest absolute Gasteiger partial charge is 0.191 e. The fourth-order valence-corrected chi connectivity index (χ4v) is 2.93. The SMILES string of the molecule is COc1cnccc1-c1ccc2ccc(OCC3OCCO3)cc2c1. The molecule has 0 bridgehead atoms. The molecule has 0 saturated carbocycles. The van der Waals surface area contributed by atoms with Crippen LogP contribution >= 0.6 is 0 Å². The van der Waals surface area contributed by atoms with Gasteiger partial charge in [0.25, 0.3) is 0 Å². The lowest BCUT2D eigenvalue weighted by atomic mass is 10.0. The maximum absolute atomic E-state index is 5.80. The van der Waals surface area contributed by atoms with Gasteiger partial charge in [-0.05, 0) is 40.6 Å². The first-order chi connectivity index (χ1) is 12.3. The minimum atomic E-state index is -0.275. The average molecular weight is 337 g/mol. The van der Waals surface area contributed by atoms with E-state index in [1.165, 1.54) is 0 Å². The molecule has 0 unspecified atom stereocenters. The second-order valence-electron chi connectivity index (χ2n) is 5.78. The number of fused-ring (bicyclic) bond motifs is 1. The highest BCUT2D eigenvalue weighted by atomic mass is 16.7. The first-order valence-corrected chi connectivity index (χ1v) is 8.22. The van der Waals surface area contributed by atoms with Gasteiger partial charge in [-0.25, -0.2) is 0 Å². The molecule has 25 heavy (non-hydrogen) atoms. The van der Waals surface area contributed by atoms with E-state index in [-0.39, 0.29) is 6.29 Å². The van der Waals surface area contributed by atoms with Crippen molar-refractivity contribution >= 4 is 10.8 Å². The van der Waals surface area contributed by atoms with Crippen molar-refractivity contribution in [2.75, 3.05) is 26.9 Å². The Labute approximate surface area is 146 Å². The van der Waals surface area contributed by atoms with Crippen molar-refractivity contribution in [3.63, 3.8) is 0 Å². The largest absolute Gasteiger partial charge is 0.494 e. The molecule has 1 saturated heterocycles.